The highest BCUT2D eigenvalue weighted by molar-refractivity contribution is 7.17. The van der Waals surface area contributed by atoms with E-state index >= 15 is 0 Å². The van der Waals surface area contributed by atoms with Crippen molar-refractivity contribution in [1.82, 2.24) is 0 Å². The minimum absolute atomic E-state index is 0.00724. The molecule has 0 radical (unpaired) electrons. The van der Waals surface area contributed by atoms with E-state index in [1.54, 1.807) is 6.07 Å². The summed E-state index contributed by atoms with van der Waals surface area (Å²) >= 11 is 1.42. The highest BCUT2D eigenvalue weighted by Gasteiger charge is 2.12. The lowest BCUT2D eigenvalue weighted by Gasteiger charge is -2.02. The highest BCUT2D eigenvalue weighted by atomic mass is 32.1. The fourth-order valence-electron chi connectivity index (χ4n) is 1.62. The summed E-state index contributed by atoms with van der Waals surface area (Å²) in [6, 6.07) is 1.70. The smallest absolute Gasteiger partial charge is 0.344 e. The van der Waals surface area contributed by atoms with Crippen LogP contribution in [0.15, 0.2) is 20.7 Å². The van der Waals surface area contributed by atoms with E-state index in [9.17, 15) is 4.79 Å². The molecule has 4 nitrogen and oxygen atoms in total. The first-order valence-electron chi connectivity index (χ1n) is 5.51. The van der Waals surface area contributed by atoms with Crippen LogP contribution in [0.25, 0.3) is 10.1 Å². The van der Waals surface area contributed by atoms with E-state index in [0.717, 1.165) is 4.70 Å². The molecule has 0 aliphatic carbocycles. The third kappa shape index (κ3) is 2.46. The Morgan fingerprint density at radius 2 is 2.17 bits per heavy atom. The number of aliphatic hydroxyl groups excluding tert-OH is 2. The lowest BCUT2D eigenvalue weighted by atomic mass is 10.1. The molecule has 18 heavy (non-hydrogen) atoms. The summed E-state index contributed by atoms with van der Waals surface area (Å²) in [6.07, 6.45) is 0.622. The van der Waals surface area contributed by atoms with Crippen molar-refractivity contribution in [2.45, 2.75) is 12.8 Å². The second-order valence-corrected chi connectivity index (χ2v) is 4.52. The maximum absolute atomic E-state index is 11.7. The Kier molecular flexibility index (Phi) is 4.15. The standard InChI is InChI=1S/C13H12O4S/c14-6-2-1-3-9-11(4-7-15)17-13(16)10-5-8-18-12(9)10/h5,8,14-15H,2,4,6-7H2. The third-order valence-electron chi connectivity index (χ3n) is 2.40. The Balaban J connectivity index is 2.62. The van der Waals surface area contributed by atoms with Crippen LogP contribution in [0.5, 0.6) is 0 Å². The van der Waals surface area contributed by atoms with Crippen molar-refractivity contribution in [3.63, 3.8) is 0 Å². The van der Waals surface area contributed by atoms with Gasteiger partial charge in [0.25, 0.3) is 0 Å². The first kappa shape index (κ1) is 12.8. The molecule has 0 amide bonds. The Hall–Kier alpha value is -1.61. The average Bonchev–Trinajstić information content (AvgIpc) is 2.83. The summed E-state index contributed by atoms with van der Waals surface area (Å²) in [7, 11) is 0. The molecule has 0 aliphatic heterocycles. The number of aliphatic hydroxyl groups is 2. The number of hydrogen-bond acceptors (Lipinski definition) is 5. The van der Waals surface area contributed by atoms with Gasteiger partial charge in [0.2, 0.25) is 0 Å². The number of fused-ring (bicyclic) bond motifs is 1. The molecule has 0 saturated carbocycles. The van der Waals surface area contributed by atoms with Gasteiger partial charge >= 0.3 is 5.63 Å². The average molecular weight is 264 g/mol. The number of thiophene rings is 1. The van der Waals surface area contributed by atoms with Crippen molar-refractivity contribution >= 4 is 21.4 Å². The molecule has 5 heteroatoms. The molecule has 2 rings (SSSR count). The van der Waals surface area contributed by atoms with Crippen molar-refractivity contribution in [2.24, 2.45) is 0 Å². The Morgan fingerprint density at radius 3 is 2.89 bits per heavy atom. The minimum Gasteiger partial charge on any atom is -0.426 e. The Bertz CT molecular complexity index is 657. The number of rotatable bonds is 3. The van der Waals surface area contributed by atoms with E-state index in [1.165, 1.54) is 11.3 Å². The second kappa shape index (κ2) is 5.83. The van der Waals surface area contributed by atoms with Crippen molar-refractivity contribution in [3.8, 4) is 11.8 Å². The summed E-state index contributed by atoms with van der Waals surface area (Å²) in [5, 5.41) is 20.0. The van der Waals surface area contributed by atoms with Gasteiger partial charge in [-0.15, -0.1) is 11.3 Å². The van der Waals surface area contributed by atoms with Crippen LogP contribution < -0.4 is 5.63 Å². The zero-order valence-corrected chi connectivity index (χ0v) is 10.4. The van der Waals surface area contributed by atoms with Crippen LogP contribution in [0.2, 0.25) is 0 Å². The van der Waals surface area contributed by atoms with Gasteiger partial charge in [0.15, 0.2) is 0 Å². The molecule has 2 aromatic rings. The summed E-state index contributed by atoms with van der Waals surface area (Å²) in [4.78, 5) is 11.7. The molecule has 0 unspecified atom stereocenters. The molecular formula is C13H12O4S. The van der Waals surface area contributed by atoms with Crippen LogP contribution in [-0.4, -0.2) is 23.4 Å². The topological polar surface area (TPSA) is 70.7 Å². The zero-order chi connectivity index (χ0) is 13.0. The van der Waals surface area contributed by atoms with E-state index in [2.05, 4.69) is 11.8 Å². The van der Waals surface area contributed by atoms with Gasteiger partial charge in [-0.05, 0) is 11.4 Å². The van der Waals surface area contributed by atoms with Crippen molar-refractivity contribution in [3.05, 3.63) is 33.2 Å². The monoisotopic (exact) mass is 264 g/mol. The van der Waals surface area contributed by atoms with Gasteiger partial charge in [-0.25, -0.2) is 4.79 Å². The van der Waals surface area contributed by atoms with Crippen LogP contribution in [0.1, 0.15) is 17.7 Å². The first-order chi connectivity index (χ1) is 8.77. The van der Waals surface area contributed by atoms with Crippen LogP contribution >= 0.6 is 11.3 Å². The molecule has 0 aromatic carbocycles. The molecule has 0 bridgehead atoms. The maximum Gasteiger partial charge on any atom is 0.344 e. The third-order valence-corrected chi connectivity index (χ3v) is 3.33. The molecule has 2 aromatic heterocycles. The van der Waals surface area contributed by atoms with Gasteiger partial charge in [0.05, 0.1) is 28.9 Å². The largest absolute Gasteiger partial charge is 0.426 e. The molecular weight excluding hydrogens is 252 g/mol. The van der Waals surface area contributed by atoms with E-state index in [0.29, 0.717) is 23.1 Å². The lowest BCUT2D eigenvalue weighted by molar-refractivity contribution is 0.284. The van der Waals surface area contributed by atoms with E-state index in [1.807, 2.05) is 5.38 Å². The molecule has 0 spiro atoms. The van der Waals surface area contributed by atoms with Gasteiger partial charge in [-0.2, -0.15) is 0 Å². The van der Waals surface area contributed by atoms with Gasteiger partial charge in [0.1, 0.15) is 5.76 Å². The SMILES string of the molecule is O=c1oc(CCO)c(C#CCCO)c2sccc12. The van der Waals surface area contributed by atoms with E-state index in [4.69, 9.17) is 14.6 Å². The van der Waals surface area contributed by atoms with Gasteiger partial charge in [0, 0.05) is 12.8 Å². The first-order valence-corrected chi connectivity index (χ1v) is 6.39. The molecule has 2 heterocycles. The normalized spacial score (nSPS) is 10.3. The predicted octanol–water partition coefficient (Wildman–Crippen LogP) is 1.12. The molecule has 0 aliphatic rings. The summed E-state index contributed by atoms with van der Waals surface area (Å²) < 4.78 is 5.96. The van der Waals surface area contributed by atoms with Gasteiger partial charge in [-0.3, -0.25) is 0 Å². The van der Waals surface area contributed by atoms with Crippen LogP contribution in [0, 0.1) is 11.8 Å². The van der Waals surface area contributed by atoms with Crippen LogP contribution in [0.4, 0.5) is 0 Å². The van der Waals surface area contributed by atoms with Crippen LogP contribution in [0.3, 0.4) is 0 Å². The summed E-state index contributed by atoms with van der Waals surface area (Å²) in [6.45, 7) is -0.110. The Morgan fingerprint density at radius 1 is 1.33 bits per heavy atom. The van der Waals surface area contributed by atoms with E-state index < -0.39 is 5.63 Å². The predicted molar refractivity (Wildman–Crippen MR) is 69.7 cm³/mol. The lowest BCUT2D eigenvalue weighted by Crippen LogP contribution is -2.05. The van der Waals surface area contributed by atoms with Gasteiger partial charge in [-0.1, -0.05) is 11.8 Å². The van der Waals surface area contributed by atoms with Crippen molar-refractivity contribution in [2.75, 3.05) is 13.2 Å². The zero-order valence-electron chi connectivity index (χ0n) is 9.60. The van der Waals surface area contributed by atoms with Crippen LogP contribution in [-0.2, 0) is 6.42 Å². The summed E-state index contributed by atoms with van der Waals surface area (Å²) in [5.41, 5.74) is 0.240. The molecule has 0 atom stereocenters. The quantitative estimate of drug-likeness (QED) is 0.815. The highest BCUT2D eigenvalue weighted by Crippen LogP contribution is 2.24. The van der Waals surface area contributed by atoms with Crippen molar-refractivity contribution in [1.29, 1.82) is 0 Å². The molecule has 94 valence electrons. The molecule has 0 fully saturated rings. The molecule has 2 N–H and O–H groups in total. The van der Waals surface area contributed by atoms with Gasteiger partial charge < -0.3 is 14.6 Å². The number of hydrogen-bond donors (Lipinski definition) is 2. The van der Waals surface area contributed by atoms with E-state index in [-0.39, 0.29) is 19.6 Å². The second-order valence-electron chi connectivity index (χ2n) is 3.60. The van der Waals surface area contributed by atoms with Crippen molar-refractivity contribution < 1.29 is 14.6 Å². The maximum atomic E-state index is 11.7. The molecule has 0 saturated heterocycles. The fourth-order valence-corrected chi connectivity index (χ4v) is 2.52. The fraction of sp³-hybridized carbons (Fsp3) is 0.308. The Labute approximate surface area is 107 Å². The minimum atomic E-state index is -0.401. The summed E-state index contributed by atoms with van der Waals surface area (Å²) in [5.74, 6) is 6.13.